The van der Waals surface area contributed by atoms with Crippen LogP contribution < -0.4 is 5.32 Å². The lowest BCUT2D eigenvalue weighted by Crippen LogP contribution is -2.42. The molecule has 0 aliphatic carbocycles. The second-order valence-corrected chi connectivity index (χ2v) is 7.57. The fourth-order valence-corrected chi connectivity index (χ4v) is 3.90. The predicted molar refractivity (Wildman–Crippen MR) is 101 cm³/mol. The molecule has 8 heteroatoms. The van der Waals surface area contributed by atoms with Gasteiger partial charge in [-0.1, -0.05) is 61.1 Å². The van der Waals surface area contributed by atoms with Crippen molar-refractivity contribution in [2.45, 2.75) is 12.5 Å². The molecule has 0 saturated carbocycles. The van der Waals surface area contributed by atoms with Crippen LogP contribution in [-0.4, -0.2) is 23.0 Å². The first-order chi connectivity index (χ1) is 11.3. The highest BCUT2D eigenvalue weighted by atomic mass is 79.9. The number of carboxylic acids is 1. The molecule has 0 radical (unpaired) electrons. The van der Waals surface area contributed by atoms with E-state index < -0.39 is 17.9 Å². The predicted octanol–water partition coefficient (Wildman–Crippen LogP) is 4.94. The Kier molecular flexibility index (Phi) is 6.69. The van der Waals surface area contributed by atoms with Crippen LogP contribution in [0.4, 0.5) is 0 Å². The Morgan fingerprint density at radius 1 is 1.08 bits per heavy atom. The number of hydrogen-bond donors (Lipinski definition) is 2. The molecule has 126 valence electrons. The van der Waals surface area contributed by atoms with Gasteiger partial charge in [-0.2, -0.15) is 0 Å². The lowest BCUT2D eigenvalue weighted by atomic mass is 10.1. The zero-order valence-electron chi connectivity index (χ0n) is 12.0. The highest BCUT2D eigenvalue weighted by Gasteiger charge is 2.23. The van der Waals surface area contributed by atoms with Gasteiger partial charge in [0, 0.05) is 31.0 Å². The van der Waals surface area contributed by atoms with Crippen LogP contribution in [0.15, 0.2) is 45.3 Å². The first kappa shape index (κ1) is 19.2. The van der Waals surface area contributed by atoms with Gasteiger partial charge in [0.15, 0.2) is 0 Å². The van der Waals surface area contributed by atoms with Gasteiger partial charge in [0.25, 0.3) is 5.91 Å². The van der Waals surface area contributed by atoms with E-state index in [-0.39, 0.29) is 6.42 Å². The molecular formula is C16H11Br2Cl2NO3. The van der Waals surface area contributed by atoms with Crippen molar-refractivity contribution in [2.75, 3.05) is 0 Å². The van der Waals surface area contributed by atoms with Crippen LogP contribution in [0.3, 0.4) is 0 Å². The summed E-state index contributed by atoms with van der Waals surface area (Å²) in [6, 6.07) is 8.72. The van der Waals surface area contributed by atoms with Crippen LogP contribution in [0.1, 0.15) is 15.9 Å². The van der Waals surface area contributed by atoms with Gasteiger partial charge < -0.3 is 10.4 Å². The number of nitrogens with one attached hydrogen (secondary N) is 1. The molecule has 2 aromatic rings. The molecule has 0 saturated heterocycles. The van der Waals surface area contributed by atoms with E-state index >= 15 is 0 Å². The Hall–Kier alpha value is -1.08. The van der Waals surface area contributed by atoms with Crippen LogP contribution >= 0.6 is 55.1 Å². The van der Waals surface area contributed by atoms with Gasteiger partial charge in [-0.25, -0.2) is 4.79 Å². The Morgan fingerprint density at radius 3 is 2.12 bits per heavy atom. The van der Waals surface area contributed by atoms with Crippen molar-refractivity contribution in [2.24, 2.45) is 0 Å². The van der Waals surface area contributed by atoms with Crippen molar-refractivity contribution >= 4 is 66.9 Å². The lowest BCUT2D eigenvalue weighted by molar-refractivity contribution is -0.139. The molecule has 2 rings (SSSR count). The molecule has 1 amide bonds. The molecule has 1 atom stereocenters. The second-order valence-electron chi connectivity index (χ2n) is 4.93. The van der Waals surface area contributed by atoms with Gasteiger partial charge in [-0.15, -0.1) is 0 Å². The lowest BCUT2D eigenvalue weighted by Gasteiger charge is -2.16. The van der Waals surface area contributed by atoms with Gasteiger partial charge in [-0.3, -0.25) is 4.79 Å². The number of benzene rings is 2. The standard InChI is InChI=1S/C16H11Br2Cl2NO3/c17-9-4-8(5-10(18)6-9)15(22)21-14(16(23)24)7-11-12(19)2-1-3-13(11)20/h1-6,14H,7H2,(H,21,22)(H,23,24)/t14-/m0/s1. The average molecular weight is 496 g/mol. The first-order valence-electron chi connectivity index (χ1n) is 6.70. The molecule has 0 fully saturated rings. The largest absolute Gasteiger partial charge is 0.480 e. The Bertz CT molecular complexity index is 758. The molecule has 0 spiro atoms. The van der Waals surface area contributed by atoms with Gasteiger partial charge in [-0.05, 0) is 35.9 Å². The van der Waals surface area contributed by atoms with Crippen molar-refractivity contribution in [3.63, 3.8) is 0 Å². The van der Waals surface area contributed by atoms with Crippen LogP contribution in [-0.2, 0) is 11.2 Å². The summed E-state index contributed by atoms with van der Waals surface area (Å²) in [7, 11) is 0. The number of carbonyl (C=O) groups excluding carboxylic acids is 1. The van der Waals surface area contributed by atoms with Gasteiger partial charge in [0.2, 0.25) is 0 Å². The summed E-state index contributed by atoms with van der Waals surface area (Å²) in [5.41, 5.74) is 0.803. The topological polar surface area (TPSA) is 66.4 Å². The highest BCUT2D eigenvalue weighted by molar-refractivity contribution is 9.11. The number of rotatable bonds is 5. The molecule has 24 heavy (non-hydrogen) atoms. The monoisotopic (exact) mass is 493 g/mol. The minimum Gasteiger partial charge on any atom is -0.480 e. The fraction of sp³-hybridized carbons (Fsp3) is 0.125. The molecule has 0 heterocycles. The Morgan fingerprint density at radius 2 is 1.62 bits per heavy atom. The number of halogens is 4. The van der Waals surface area contributed by atoms with E-state index in [0.29, 0.717) is 30.1 Å². The Balaban J connectivity index is 2.22. The second kappa shape index (κ2) is 8.34. The van der Waals surface area contributed by atoms with E-state index in [9.17, 15) is 14.7 Å². The quantitative estimate of drug-likeness (QED) is 0.617. The van der Waals surface area contributed by atoms with Crippen LogP contribution in [0.5, 0.6) is 0 Å². The highest BCUT2D eigenvalue weighted by Crippen LogP contribution is 2.26. The van der Waals surface area contributed by atoms with Gasteiger partial charge in [0.05, 0.1) is 0 Å². The number of aliphatic carboxylic acids is 1. The number of carbonyl (C=O) groups is 2. The van der Waals surface area contributed by atoms with Crippen molar-refractivity contribution < 1.29 is 14.7 Å². The van der Waals surface area contributed by atoms with Crippen molar-refractivity contribution in [1.82, 2.24) is 5.32 Å². The maximum Gasteiger partial charge on any atom is 0.326 e. The normalized spacial score (nSPS) is 11.8. The summed E-state index contributed by atoms with van der Waals surface area (Å²) in [4.78, 5) is 23.8. The van der Waals surface area contributed by atoms with Gasteiger partial charge >= 0.3 is 5.97 Å². The third-order valence-corrected chi connectivity index (χ3v) is 4.82. The zero-order valence-corrected chi connectivity index (χ0v) is 16.7. The van der Waals surface area contributed by atoms with Crippen LogP contribution in [0.2, 0.25) is 10.0 Å². The fourth-order valence-electron chi connectivity index (χ4n) is 2.06. The average Bonchev–Trinajstić information content (AvgIpc) is 2.48. The van der Waals surface area contributed by atoms with Crippen LogP contribution in [0.25, 0.3) is 0 Å². The van der Waals surface area contributed by atoms with E-state index in [1.165, 1.54) is 0 Å². The Labute approximate surface area is 165 Å². The third-order valence-electron chi connectivity index (χ3n) is 3.20. The first-order valence-corrected chi connectivity index (χ1v) is 9.04. The summed E-state index contributed by atoms with van der Waals surface area (Å²) in [6.07, 6.45) is -0.0191. The van der Waals surface area contributed by atoms with Crippen LogP contribution in [0, 0.1) is 0 Å². The number of hydrogen-bond acceptors (Lipinski definition) is 2. The van der Waals surface area contributed by atoms with Crippen molar-refractivity contribution in [3.8, 4) is 0 Å². The zero-order chi connectivity index (χ0) is 17.9. The summed E-state index contributed by atoms with van der Waals surface area (Å²) < 4.78 is 1.39. The molecule has 0 unspecified atom stereocenters. The molecule has 2 aromatic carbocycles. The molecule has 0 bridgehead atoms. The maximum atomic E-state index is 12.3. The molecule has 2 N–H and O–H groups in total. The van der Waals surface area contributed by atoms with E-state index in [0.717, 1.165) is 0 Å². The summed E-state index contributed by atoms with van der Waals surface area (Å²) in [5.74, 6) is -1.68. The number of amides is 1. The minimum atomic E-state index is -1.17. The van der Waals surface area contributed by atoms with E-state index in [2.05, 4.69) is 37.2 Å². The number of carboxylic acid groups (broad SMARTS) is 1. The van der Waals surface area contributed by atoms with E-state index in [4.69, 9.17) is 23.2 Å². The minimum absolute atomic E-state index is 0.0191. The van der Waals surface area contributed by atoms with Crippen molar-refractivity contribution in [3.05, 3.63) is 66.5 Å². The summed E-state index contributed by atoms with van der Waals surface area (Å²) in [6.45, 7) is 0. The summed E-state index contributed by atoms with van der Waals surface area (Å²) >= 11 is 18.7. The summed E-state index contributed by atoms with van der Waals surface area (Å²) in [5, 5.41) is 12.6. The molecule has 4 nitrogen and oxygen atoms in total. The smallest absolute Gasteiger partial charge is 0.326 e. The molecule has 0 aliphatic rings. The third kappa shape index (κ3) is 4.96. The van der Waals surface area contributed by atoms with E-state index in [1.54, 1.807) is 36.4 Å². The van der Waals surface area contributed by atoms with Crippen molar-refractivity contribution in [1.29, 1.82) is 0 Å². The molecular weight excluding hydrogens is 485 g/mol. The molecule has 0 aromatic heterocycles. The van der Waals surface area contributed by atoms with Gasteiger partial charge in [0.1, 0.15) is 6.04 Å². The molecule has 0 aliphatic heterocycles. The van der Waals surface area contributed by atoms with E-state index in [1.807, 2.05) is 0 Å². The SMILES string of the molecule is O=C(N[C@@H](Cc1c(Cl)cccc1Cl)C(=O)O)c1cc(Br)cc(Br)c1. The maximum absolute atomic E-state index is 12.3.